The molecule has 0 aliphatic carbocycles. The first-order valence-corrected chi connectivity index (χ1v) is 11.9. The molecule has 3 aromatic carbocycles. The third-order valence-corrected chi connectivity index (χ3v) is 6.00. The number of nitrogens with zero attached hydrogens (tertiary/aromatic N) is 2. The highest BCUT2D eigenvalue weighted by molar-refractivity contribution is 5.91. The van der Waals surface area contributed by atoms with Gasteiger partial charge in [-0.25, -0.2) is 4.39 Å². The first-order valence-electron chi connectivity index (χ1n) is 11.9. The number of anilines is 2. The molecule has 7 heteroatoms. The molecule has 1 N–H and O–H groups in total. The van der Waals surface area contributed by atoms with E-state index in [1.165, 1.54) is 6.07 Å². The lowest BCUT2D eigenvalue weighted by molar-refractivity contribution is -0.132. The SMILES string of the molecule is C[C@@H](CC(=O)Nc1ccc(Oc2ccccc2)cc1)CC(=O)N1CCN(c2ccccc2F)CC1. The molecule has 1 fully saturated rings. The predicted octanol–water partition coefficient (Wildman–Crippen LogP) is 5.32. The van der Waals surface area contributed by atoms with Gasteiger partial charge < -0.3 is 19.9 Å². The summed E-state index contributed by atoms with van der Waals surface area (Å²) in [5.74, 6) is 0.991. The minimum atomic E-state index is -0.245. The third-order valence-electron chi connectivity index (χ3n) is 6.00. The molecule has 1 atom stereocenters. The fourth-order valence-corrected chi connectivity index (χ4v) is 4.16. The number of nitrogens with one attached hydrogen (secondary N) is 1. The number of hydrogen-bond donors (Lipinski definition) is 1. The summed E-state index contributed by atoms with van der Waals surface area (Å²) in [6, 6.07) is 23.4. The zero-order chi connectivity index (χ0) is 24.6. The van der Waals surface area contributed by atoms with Crippen molar-refractivity contribution >= 4 is 23.2 Å². The summed E-state index contributed by atoms with van der Waals surface area (Å²) in [5.41, 5.74) is 1.25. The van der Waals surface area contributed by atoms with Crippen LogP contribution in [-0.4, -0.2) is 42.9 Å². The van der Waals surface area contributed by atoms with Gasteiger partial charge in [0.25, 0.3) is 0 Å². The number of hydrogen-bond acceptors (Lipinski definition) is 4. The van der Waals surface area contributed by atoms with Gasteiger partial charge in [0.05, 0.1) is 5.69 Å². The largest absolute Gasteiger partial charge is 0.457 e. The average molecular weight is 476 g/mol. The summed E-state index contributed by atoms with van der Waals surface area (Å²) in [7, 11) is 0. The molecule has 2 amide bonds. The highest BCUT2D eigenvalue weighted by atomic mass is 19.1. The van der Waals surface area contributed by atoms with E-state index >= 15 is 0 Å². The molecule has 0 unspecified atom stereocenters. The maximum Gasteiger partial charge on any atom is 0.224 e. The van der Waals surface area contributed by atoms with E-state index in [0.717, 1.165) is 5.75 Å². The Bertz CT molecular complexity index is 1130. The van der Waals surface area contributed by atoms with E-state index in [-0.39, 0.29) is 30.0 Å². The number of carbonyl (C=O) groups is 2. The van der Waals surface area contributed by atoms with Gasteiger partial charge in [0, 0.05) is 44.7 Å². The molecule has 4 rings (SSSR count). The second-order valence-corrected chi connectivity index (χ2v) is 8.82. The highest BCUT2D eigenvalue weighted by Crippen LogP contribution is 2.24. The summed E-state index contributed by atoms with van der Waals surface area (Å²) in [4.78, 5) is 29.0. The van der Waals surface area contributed by atoms with Gasteiger partial charge in [0.1, 0.15) is 17.3 Å². The number of carbonyl (C=O) groups excluding carboxylic acids is 2. The molecule has 0 saturated carbocycles. The van der Waals surface area contributed by atoms with Crippen LogP contribution >= 0.6 is 0 Å². The van der Waals surface area contributed by atoms with Crippen molar-refractivity contribution in [3.63, 3.8) is 0 Å². The van der Waals surface area contributed by atoms with Crippen LogP contribution in [0.1, 0.15) is 19.8 Å². The van der Waals surface area contributed by atoms with Crippen molar-refractivity contribution in [2.24, 2.45) is 5.92 Å². The lowest BCUT2D eigenvalue weighted by Gasteiger charge is -2.36. The minimum Gasteiger partial charge on any atom is -0.457 e. The van der Waals surface area contributed by atoms with Crippen LogP contribution in [0.3, 0.4) is 0 Å². The maximum atomic E-state index is 14.0. The molecule has 1 aliphatic rings. The summed E-state index contributed by atoms with van der Waals surface area (Å²) >= 11 is 0. The number of amides is 2. The summed E-state index contributed by atoms with van der Waals surface area (Å²) in [6.07, 6.45) is 0.556. The van der Waals surface area contributed by atoms with Crippen LogP contribution in [0.4, 0.5) is 15.8 Å². The minimum absolute atomic E-state index is 0.0286. The topological polar surface area (TPSA) is 61.9 Å². The van der Waals surface area contributed by atoms with Crippen LogP contribution in [0.2, 0.25) is 0 Å². The van der Waals surface area contributed by atoms with E-state index in [4.69, 9.17) is 4.74 Å². The first kappa shape index (κ1) is 24.3. The van der Waals surface area contributed by atoms with Gasteiger partial charge in [-0.15, -0.1) is 0 Å². The molecule has 0 bridgehead atoms. The fraction of sp³-hybridized carbons (Fsp3) is 0.286. The Morgan fingerprint density at radius 3 is 2.17 bits per heavy atom. The zero-order valence-corrected chi connectivity index (χ0v) is 19.8. The van der Waals surface area contributed by atoms with Crippen molar-refractivity contribution in [2.45, 2.75) is 19.8 Å². The Hall–Kier alpha value is -3.87. The van der Waals surface area contributed by atoms with Crippen LogP contribution in [-0.2, 0) is 9.59 Å². The van der Waals surface area contributed by atoms with E-state index in [2.05, 4.69) is 5.32 Å². The van der Waals surface area contributed by atoms with Gasteiger partial charge in [0.2, 0.25) is 11.8 Å². The number of rotatable bonds is 8. The van der Waals surface area contributed by atoms with Crippen molar-refractivity contribution in [3.8, 4) is 11.5 Å². The summed E-state index contributed by atoms with van der Waals surface area (Å²) < 4.78 is 19.8. The van der Waals surface area contributed by atoms with Crippen LogP contribution in [0.15, 0.2) is 78.9 Å². The molecule has 0 aromatic heterocycles. The first-order chi connectivity index (χ1) is 17.0. The van der Waals surface area contributed by atoms with E-state index in [1.54, 1.807) is 41.3 Å². The Morgan fingerprint density at radius 2 is 1.49 bits per heavy atom. The molecule has 3 aromatic rings. The second kappa shape index (κ2) is 11.5. The number of piperazine rings is 1. The highest BCUT2D eigenvalue weighted by Gasteiger charge is 2.24. The normalized spacial score (nSPS) is 14.3. The molecule has 182 valence electrons. The average Bonchev–Trinajstić information content (AvgIpc) is 2.86. The van der Waals surface area contributed by atoms with Crippen molar-refractivity contribution in [1.29, 1.82) is 0 Å². The molecule has 1 aliphatic heterocycles. The van der Waals surface area contributed by atoms with Crippen molar-refractivity contribution < 1.29 is 18.7 Å². The van der Waals surface area contributed by atoms with E-state index in [0.29, 0.717) is 49.7 Å². The molecular formula is C28H30FN3O3. The number of benzene rings is 3. The number of halogens is 1. The van der Waals surface area contributed by atoms with Gasteiger partial charge >= 0.3 is 0 Å². The second-order valence-electron chi connectivity index (χ2n) is 8.82. The van der Waals surface area contributed by atoms with Gasteiger partial charge in [-0.3, -0.25) is 9.59 Å². The molecule has 35 heavy (non-hydrogen) atoms. The van der Waals surface area contributed by atoms with Crippen LogP contribution in [0.25, 0.3) is 0 Å². The monoisotopic (exact) mass is 475 g/mol. The number of ether oxygens (including phenoxy) is 1. The summed E-state index contributed by atoms with van der Waals surface area (Å²) in [5, 5.41) is 2.88. The molecule has 1 saturated heterocycles. The van der Waals surface area contributed by atoms with Crippen molar-refractivity contribution in [3.05, 3.63) is 84.7 Å². The molecule has 1 heterocycles. The number of para-hydroxylation sites is 2. The van der Waals surface area contributed by atoms with Crippen LogP contribution in [0, 0.1) is 11.7 Å². The lowest BCUT2D eigenvalue weighted by atomic mass is 10.0. The van der Waals surface area contributed by atoms with E-state index < -0.39 is 0 Å². The smallest absolute Gasteiger partial charge is 0.224 e. The van der Waals surface area contributed by atoms with E-state index in [1.807, 2.05) is 48.2 Å². The predicted molar refractivity (Wildman–Crippen MR) is 135 cm³/mol. The van der Waals surface area contributed by atoms with Crippen molar-refractivity contribution in [1.82, 2.24) is 4.90 Å². The lowest BCUT2D eigenvalue weighted by Crippen LogP contribution is -2.49. The Labute approximate surface area is 205 Å². The molecule has 0 spiro atoms. The van der Waals surface area contributed by atoms with Crippen LogP contribution < -0.4 is 15.0 Å². The maximum absolute atomic E-state index is 14.0. The van der Waals surface area contributed by atoms with Gasteiger partial charge in [-0.2, -0.15) is 0 Å². The molecule has 6 nitrogen and oxygen atoms in total. The quantitative estimate of drug-likeness (QED) is 0.479. The van der Waals surface area contributed by atoms with Gasteiger partial charge in [-0.05, 0) is 54.4 Å². The standard InChI is InChI=1S/C28H30FN3O3/c1-21(20-28(34)32-17-15-31(16-18-32)26-10-6-5-9-25(26)29)19-27(33)30-22-11-13-24(14-12-22)35-23-7-3-2-4-8-23/h2-14,21H,15-20H2,1H3,(H,30,33)/t21-/m0/s1. The van der Waals surface area contributed by atoms with Crippen molar-refractivity contribution in [2.75, 3.05) is 36.4 Å². The third kappa shape index (κ3) is 6.82. The van der Waals surface area contributed by atoms with Gasteiger partial charge in [-0.1, -0.05) is 37.3 Å². The zero-order valence-electron chi connectivity index (χ0n) is 19.8. The summed E-state index contributed by atoms with van der Waals surface area (Å²) in [6.45, 7) is 4.17. The Morgan fingerprint density at radius 1 is 0.857 bits per heavy atom. The Kier molecular flexibility index (Phi) is 7.98. The van der Waals surface area contributed by atoms with E-state index in [9.17, 15) is 14.0 Å². The Balaban J connectivity index is 1.20. The van der Waals surface area contributed by atoms with Gasteiger partial charge in [0.15, 0.2) is 0 Å². The molecular weight excluding hydrogens is 445 g/mol. The molecule has 0 radical (unpaired) electrons. The fourth-order valence-electron chi connectivity index (χ4n) is 4.16. The van der Waals surface area contributed by atoms with Crippen LogP contribution in [0.5, 0.6) is 11.5 Å².